The van der Waals surface area contributed by atoms with E-state index in [9.17, 15) is 23.1 Å². The van der Waals surface area contributed by atoms with Gasteiger partial charge in [-0.25, -0.2) is 0 Å². The Morgan fingerprint density at radius 1 is 1.23 bits per heavy atom. The number of aliphatic hydroxyl groups is 1. The van der Waals surface area contributed by atoms with Gasteiger partial charge in [0.1, 0.15) is 0 Å². The topological polar surface area (TPSA) is 54.3 Å². The van der Waals surface area contributed by atoms with Gasteiger partial charge in [-0.15, -0.1) is 0 Å². The molecule has 4 nitrogen and oxygen atoms in total. The van der Waals surface area contributed by atoms with E-state index in [4.69, 9.17) is 0 Å². The molecule has 26 heavy (non-hydrogen) atoms. The van der Waals surface area contributed by atoms with Gasteiger partial charge in [0.25, 0.3) is 5.56 Å². The second kappa shape index (κ2) is 6.25. The summed E-state index contributed by atoms with van der Waals surface area (Å²) in [6.45, 7) is 1.55. The molecule has 0 amide bonds. The Morgan fingerprint density at radius 3 is 2.73 bits per heavy atom. The molecule has 2 aliphatic heterocycles. The average Bonchev–Trinajstić information content (AvgIpc) is 2.62. The van der Waals surface area contributed by atoms with E-state index in [-0.39, 0.29) is 22.6 Å². The van der Waals surface area contributed by atoms with E-state index in [0.717, 1.165) is 31.3 Å². The van der Waals surface area contributed by atoms with Gasteiger partial charge in [0, 0.05) is 24.7 Å². The predicted octanol–water partition coefficient (Wildman–Crippen LogP) is 2.73. The third kappa shape index (κ3) is 2.75. The smallest absolute Gasteiger partial charge is 0.392 e. The van der Waals surface area contributed by atoms with Crippen molar-refractivity contribution in [2.75, 3.05) is 13.1 Å². The van der Waals surface area contributed by atoms with E-state index >= 15 is 0 Å². The number of aliphatic hydroxyl groups excluding tert-OH is 1. The molecule has 1 saturated heterocycles. The molecule has 2 aliphatic rings. The Morgan fingerprint density at radius 2 is 2.00 bits per heavy atom. The Balaban J connectivity index is 1.97. The van der Waals surface area contributed by atoms with E-state index in [1.165, 1.54) is 18.2 Å². The van der Waals surface area contributed by atoms with Gasteiger partial charge in [0.2, 0.25) is 0 Å². The summed E-state index contributed by atoms with van der Waals surface area (Å²) in [7, 11) is 0. The van der Waals surface area contributed by atoms with Gasteiger partial charge in [-0.05, 0) is 42.1 Å². The summed E-state index contributed by atoms with van der Waals surface area (Å²) in [5, 5.41) is 13.1. The van der Waals surface area contributed by atoms with Crippen molar-refractivity contribution in [1.29, 1.82) is 0 Å². The maximum atomic E-state index is 13.4. The summed E-state index contributed by atoms with van der Waals surface area (Å²) < 4.78 is 42.0. The molecule has 2 atom stereocenters. The van der Waals surface area contributed by atoms with Crippen molar-refractivity contribution < 1.29 is 18.3 Å². The van der Waals surface area contributed by atoms with E-state index in [1.54, 1.807) is 10.6 Å². The minimum absolute atomic E-state index is 0.0443. The van der Waals surface area contributed by atoms with E-state index in [2.05, 4.69) is 5.32 Å². The summed E-state index contributed by atoms with van der Waals surface area (Å²) in [6.07, 6.45) is -3.62. The fourth-order valence-corrected chi connectivity index (χ4v) is 4.26. The van der Waals surface area contributed by atoms with Crippen LogP contribution in [0.3, 0.4) is 0 Å². The second-order valence-corrected chi connectivity index (χ2v) is 7.04. The molecular formula is C19H19F3N2O2. The highest BCUT2D eigenvalue weighted by atomic mass is 19.4. The Hall–Kier alpha value is -2.12. The Labute approximate surface area is 148 Å². The number of fused-ring (bicyclic) bond motifs is 4. The number of hydrogen-bond acceptors (Lipinski definition) is 3. The van der Waals surface area contributed by atoms with E-state index in [1.807, 2.05) is 0 Å². The second-order valence-electron chi connectivity index (χ2n) is 7.04. The number of pyridine rings is 1. The van der Waals surface area contributed by atoms with Crippen molar-refractivity contribution in [3.8, 4) is 11.1 Å². The fraction of sp³-hybridized carbons (Fsp3) is 0.421. The van der Waals surface area contributed by atoms with E-state index < -0.39 is 23.9 Å². The minimum atomic E-state index is -4.57. The number of rotatable bonds is 2. The first-order valence-corrected chi connectivity index (χ1v) is 8.65. The summed E-state index contributed by atoms with van der Waals surface area (Å²) in [5.74, 6) is 0.442. The maximum Gasteiger partial charge on any atom is 0.417 e. The van der Waals surface area contributed by atoms with Crippen molar-refractivity contribution in [3.05, 3.63) is 57.5 Å². The number of halogens is 3. The van der Waals surface area contributed by atoms with Gasteiger partial charge in [0.05, 0.1) is 17.7 Å². The number of alkyl halides is 3. The molecule has 1 aromatic carbocycles. The number of benzene rings is 1. The van der Waals surface area contributed by atoms with Crippen LogP contribution in [0.5, 0.6) is 0 Å². The number of nitrogens with one attached hydrogen (secondary N) is 1. The number of aromatic nitrogens is 1. The number of piperidine rings is 1. The standard InChI is InChI=1S/C19H19F3N2O2/c20-19(21,22)15-4-2-1-3-14(15)17-13(10-25)6-16-12-5-11(7-23-8-12)9-24(16)18(17)26/h1-4,6,11-12,23,25H,5,7-10H2. The van der Waals surface area contributed by atoms with Gasteiger partial charge in [-0.3, -0.25) is 4.79 Å². The highest BCUT2D eigenvalue weighted by Crippen LogP contribution is 2.39. The molecule has 0 radical (unpaired) electrons. The van der Waals surface area contributed by atoms with Crippen LogP contribution < -0.4 is 10.9 Å². The molecule has 2 unspecified atom stereocenters. The van der Waals surface area contributed by atoms with Crippen LogP contribution in [-0.4, -0.2) is 22.8 Å². The van der Waals surface area contributed by atoms with Crippen LogP contribution in [0.2, 0.25) is 0 Å². The molecule has 4 rings (SSSR count). The fourth-order valence-electron chi connectivity index (χ4n) is 4.26. The van der Waals surface area contributed by atoms with Gasteiger partial charge >= 0.3 is 6.18 Å². The molecule has 2 aromatic rings. The molecule has 0 spiro atoms. The largest absolute Gasteiger partial charge is 0.417 e. The quantitative estimate of drug-likeness (QED) is 0.862. The van der Waals surface area contributed by atoms with Crippen LogP contribution in [0.4, 0.5) is 13.2 Å². The van der Waals surface area contributed by atoms with Crippen LogP contribution >= 0.6 is 0 Å². The lowest BCUT2D eigenvalue weighted by Crippen LogP contribution is -2.45. The monoisotopic (exact) mass is 364 g/mol. The van der Waals surface area contributed by atoms with Gasteiger partial charge in [-0.2, -0.15) is 13.2 Å². The molecule has 1 aromatic heterocycles. The first-order chi connectivity index (χ1) is 12.4. The highest BCUT2D eigenvalue weighted by Gasteiger charge is 2.36. The van der Waals surface area contributed by atoms with Crippen LogP contribution in [-0.2, 0) is 19.3 Å². The normalized spacial score (nSPS) is 22.2. The first-order valence-electron chi connectivity index (χ1n) is 8.65. The lowest BCUT2D eigenvalue weighted by Gasteiger charge is -2.38. The van der Waals surface area contributed by atoms with Crippen LogP contribution in [0.1, 0.15) is 29.2 Å². The molecule has 1 fully saturated rings. The van der Waals surface area contributed by atoms with Crippen LogP contribution in [0, 0.1) is 5.92 Å². The highest BCUT2D eigenvalue weighted by molar-refractivity contribution is 5.71. The molecule has 2 N–H and O–H groups in total. The molecular weight excluding hydrogens is 345 g/mol. The van der Waals surface area contributed by atoms with E-state index in [0.29, 0.717) is 12.5 Å². The van der Waals surface area contributed by atoms with Crippen molar-refractivity contribution in [3.63, 3.8) is 0 Å². The number of hydrogen-bond donors (Lipinski definition) is 2. The molecule has 3 heterocycles. The predicted molar refractivity (Wildman–Crippen MR) is 90.8 cm³/mol. The third-order valence-corrected chi connectivity index (χ3v) is 5.39. The Bertz CT molecular complexity index is 905. The minimum Gasteiger partial charge on any atom is -0.392 e. The summed E-state index contributed by atoms with van der Waals surface area (Å²) >= 11 is 0. The SMILES string of the molecule is O=c1c(-c2ccccc2C(F)(F)F)c(CO)cc2n1CC1CNCC2C1. The summed E-state index contributed by atoms with van der Waals surface area (Å²) in [5.41, 5.74) is -0.460. The first kappa shape index (κ1) is 17.3. The van der Waals surface area contributed by atoms with Crippen molar-refractivity contribution >= 4 is 0 Å². The van der Waals surface area contributed by atoms with Crippen molar-refractivity contribution in [1.82, 2.24) is 9.88 Å². The van der Waals surface area contributed by atoms with Gasteiger partial charge < -0.3 is 15.0 Å². The zero-order chi connectivity index (χ0) is 18.5. The molecule has 0 saturated carbocycles. The molecule has 0 aliphatic carbocycles. The zero-order valence-electron chi connectivity index (χ0n) is 14.0. The molecule has 7 heteroatoms. The van der Waals surface area contributed by atoms with Crippen LogP contribution in [0.25, 0.3) is 11.1 Å². The third-order valence-electron chi connectivity index (χ3n) is 5.39. The lowest BCUT2D eigenvalue weighted by atomic mass is 9.83. The maximum absolute atomic E-state index is 13.4. The van der Waals surface area contributed by atoms with Crippen molar-refractivity contribution in [2.45, 2.75) is 31.7 Å². The molecule has 2 bridgehead atoms. The average molecular weight is 364 g/mol. The lowest BCUT2D eigenvalue weighted by molar-refractivity contribution is -0.137. The van der Waals surface area contributed by atoms with Gasteiger partial charge in [0.15, 0.2) is 0 Å². The van der Waals surface area contributed by atoms with Crippen LogP contribution in [0.15, 0.2) is 35.1 Å². The molecule has 138 valence electrons. The van der Waals surface area contributed by atoms with Crippen molar-refractivity contribution in [2.24, 2.45) is 5.92 Å². The Kier molecular flexibility index (Phi) is 4.16. The zero-order valence-corrected chi connectivity index (χ0v) is 14.0. The number of nitrogens with zero attached hydrogens (tertiary/aromatic N) is 1. The summed E-state index contributed by atoms with van der Waals surface area (Å²) in [4.78, 5) is 13.2. The summed E-state index contributed by atoms with van der Waals surface area (Å²) in [6, 6.07) is 6.76. The van der Waals surface area contributed by atoms with Gasteiger partial charge in [-0.1, -0.05) is 18.2 Å².